The van der Waals surface area contributed by atoms with Crippen LogP contribution in [-0.4, -0.2) is 38.4 Å². The van der Waals surface area contributed by atoms with Crippen molar-refractivity contribution < 1.29 is 12.3 Å². The molecule has 21 heavy (non-hydrogen) atoms. The Balaban J connectivity index is 4.67. The molecular weight excluding hydrogens is 375 g/mol. The van der Waals surface area contributed by atoms with Crippen LogP contribution < -0.4 is 0 Å². The van der Waals surface area contributed by atoms with Gasteiger partial charge in [-0.3, -0.25) is 0 Å². The molecule has 0 aromatic carbocycles. The molecule has 0 spiro atoms. The largest absolute Gasteiger partial charge is 0.436 e. The van der Waals surface area contributed by atoms with Crippen molar-refractivity contribution in [1.29, 1.82) is 0 Å². The molecule has 0 aromatic heterocycles. The van der Waals surface area contributed by atoms with Gasteiger partial charge in [-0.25, -0.2) is 0 Å². The van der Waals surface area contributed by atoms with Crippen LogP contribution >= 0.6 is 22.7 Å². The Morgan fingerprint density at radius 3 is 1.62 bits per heavy atom. The molecule has 9 heteroatoms. The van der Waals surface area contributed by atoms with Crippen LogP contribution in [0.15, 0.2) is 0 Å². The average Bonchev–Trinajstić information content (AvgIpc) is 2.05. The zero-order chi connectivity index (χ0) is 17.1. The molecule has 0 bridgehead atoms. The summed E-state index contributed by atoms with van der Waals surface area (Å²) in [7, 11) is -8.36. The van der Waals surface area contributed by atoms with E-state index in [1.807, 2.05) is 20.0 Å². The highest BCUT2D eigenvalue weighted by Gasteiger charge is 2.42. The van der Waals surface area contributed by atoms with Crippen molar-refractivity contribution in [3.8, 4) is 0 Å². The summed E-state index contributed by atoms with van der Waals surface area (Å²) in [5, 5.41) is 0.197. The first-order valence-corrected chi connectivity index (χ1v) is 20.6. The number of hydrogen-bond acceptors (Lipinski definition) is 3. The Kier molecular flexibility index (Phi) is 8.44. The lowest BCUT2D eigenvalue weighted by molar-refractivity contribution is 0.332. The minimum Gasteiger partial charge on any atom is -0.436 e. The minimum absolute atomic E-state index is 0.197. The van der Waals surface area contributed by atoms with E-state index in [1.54, 1.807) is 0 Å². The smallest absolute Gasteiger partial charge is 0.313 e. The lowest BCUT2D eigenvalue weighted by Gasteiger charge is -2.39. The quantitative estimate of drug-likeness (QED) is 0.283. The van der Waals surface area contributed by atoms with Gasteiger partial charge in [-0.2, -0.15) is 0 Å². The van der Waals surface area contributed by atoms with E-state index in [1.165, 1.54) is 0 Å². The molecule has 0 N–H and O–H groups in total. The molecule has 0 aliphatic carbocycles. The maximum Gasteiger partial charge on any atom is 0.313 e. The molecule has 3 nitrogen and oxygen atoms in total. The summed E-state index contributed by atoms with van der Waals surface area (Å²) in [6, 6.07) is 1.05. The van der Waals surface area contributed by atoms with Gasteiger partial charge in [-0.1, -0.05) is 0 Å². The fourth-order valence-corrected chi connectivity index (χ4v) is 21.8. The summed E-state index contributed by atoms with van der Waals surface area (Å²) in [6.45, 7) is 18.8. The van der Waals surface area contributed by atoms with E-state index in [0.29, 0.717) is 0 Å². The third-order valence-electron chi connectivity index (χ3n) is 2.65. The van der Waals surface area contributed by atoms with E-state index in [0.717, 1.165) is 12.5 Å². The fraction of sp³-hybridized carbons (Fsp3) is 1.00. The van der Waals surface area contributed by atoms with Crippen molar-refractivity contribution in [1.82, 2.24) is 0 Å². The molecular formula is C12H32Cl2O3Si4. The van der Waals surface area contributed by atoms with Crippen LogP contribution in [0.2, 0.25) is 58.4 Å². The molecule has 0 rings (SSSR count). The second-order valence-electron chi connectivity index (χ2n) is 7.55. The average molecular weight is 408 g/mol. The van der Waals surface area contributed by atoms with E-state index >= 15 is 0 Å². The maximum absolute atomic E-state index is 6.45. The highest BCUT2D eigenvalue weighted by Crippen LogP contribution is 2.27. The molecule has 0 fully saturated rings. The molecule has 0 saturated heterocycles. The summed E-state index contributed by atoms with van der Waals surface area (Å²) in [5.41, 5.74) is 0. The summed E-state index contributed by atoms with van der Waals surface area (Å²) < 4.78 is 18.8. The Morgan fingerprint density at radius 1 is 0.810 bits per heavy atom. The molecule has 0 aliphatic heterocycles. The lowest BCUT2D eigenvalue weighted by Crippen LogP contribution is -2.55. The van der Waals surface area contributed by atoms with Crippen molar-refractivity contribution in [3.63, 3.8) is 0 Å². The van der Waals surface area contributed by atoms with Crippen LogP contribution in [0.4, 0.5) is 0 Å². The van der Waals surface area contributed by atoms with Crippen LogP contribution in [0, 0.1) is 0 Å². The van der Waals surface area contributed by atoms with E-state index in [9.17, 15) is 0 Å². The van der Waals surface area contributed by atoms with E-state index in [-0.39, 0.29) is 5.38 Å². The Morgan fingerprint density at radius 2 is 1.24 bits per heavy atom. The van der Waals surface area contributed by atoms with Crippen LogP contribution in [0.3, 0.4) is 0 Å². The van der Waals surface area contributed by atoms with Gasteiger partial charge in [0.1, 0.15) is 0 Å². The molecule has 0 aromatic rings. The topological polar surface area (TPSA) is 27.7 Å². The second-order valence-corrected chi connectivity index (χ2v) is 25.8. The predicted octanol–water partition coefficient (Wildman–Crippen LogP) is 5.60. The SMILES string of the molecule is CC(Cl)CC[Si](C)(C)O[Si](C)(C)O[Si](C)(C)O[Si](C)(C)Cl. The summed E-state index contributed by atoms with van der Waals surface area (Å²) in [4.78, 5) is 0. The first-order valence-electron chi connectivity index (χ1n) is 7.47. The van der Waals surface area contributed by atoms with Gasteiger partial charge in [0.05, 0.1) is 0 Å². The zero-order valence-corrected chi connectivity index (χ0v) is 20.5. The molecule has 0 amide bonds. The van der Waals surface area contributed by atoms with Gasteiger partial charge in [0.2, 0.25) is 0 Å². The first-order chi connectivity index (χ1) is 9.04. The second kappa shape index (κ2) is 7.93. The number of halogens is 2. The Labute approximate surface area is 145 Å². The van der Waals surface area contributed by atoms with E-state index in [2.05, 4.69) is 39.3 Å². The highest BCUT2D eigenvalue weighted by molar-refractivity contribution is 7.17. The van der Waals surface area contributed by atoms with Gasteiger partial charge in [0, 0.05) is 5.38 Å². The summed E-state index contributed by atoms with van der Waals surface area (Å²) in [5.74, 6) is 0. The molecule has 0 heterocycles. The normalized spacial score (nSPS) is 16.1. The van der Waals surface area contributed by atoms with Crippen molar-refractivity contribution >= 4 is 55.7 Å². The zero-order valence-electron chi connectivity index (χ0n) is 15.0. The third kappa shape index (κ3) is 12.4. The fourth-order valence-electron chi connectivity index (χ4n) is 2.48. The van der Waals surface area contributed by atoms with Crippen molar-refractivity contribution in [2.75, 3.05) is 0 Å². The van der Waals surface area contributed by atoms with E-state index in [4.69, 9.17) is 35.0 Å². The highest BCUT2D eigenvalue weighted by atomic mass is 35.6. The summed E-state index contributed by atoms with van der Waals surface area (Å²) >= 11 is 12.4. The lowest BCUT2D eigenvalue weighted by atomic mass is 10.4. The molecule has 0 aliphatic rings. The van der Waals surface area contributed by atoms with Gasteiger partial charge in [0.15, 0.2) is 8.32 Å². The monoisotopic (exact) mass is 406 g/mol. The molecule has 1 unspecified atom stereocenters. The van der Waals surface area contributed by atoms with Crippen LogP contribution in [0.1, 0.15) is 13.3 Å². The molecule has 1 atom stereocenters. The Bertz CT molecular complexity index is 331. The minimum atomic E-state index is -2.26. The van der Waals surface area contributed by atoms with Gasteiger partial charge in [0.25, 0.3) is 7.63 Å². The van der Waals surface area contributed by atoms with Gasteiger partial charge < -0.3 is 12.3 Å². The molecule has 128 valence electrons. The van der Waals surface area contributed by atoms with Crippen LogP contribution in [-0.2, 0) is 12.3 Å². The summed E-state index contributed by atoms with van der Waals surface area (Å²) in [6.07, 6.45) is 0.990. The Hall–Kier alpha value is 1.33. The van der Waals surface area contributed by atoms with Crippen molar-refractivity contribution in [2.24, 2.45) is 0 Å². The molecule has 0 radical (unpaired) electrons. The number of alkyl halides is 1. The van der Waals surface area contributed by atoms with Crippen LogP contribution in [0.25, 0.3) is 0 Å². The van der Waals surface area contributed by atoms with Crippen LogP contribution in [0.5, 0.6) is 0 Å². The first kappa shape index (κ1) is 22.3. The van der Waals surface area contributed by atoms with E-state index < -0.39 is 33.1 Å². The van der Waals surface area contributed by atoms with Gasteiger partial charge in [-0.05, 0) is 71.8 Å². The molecule has 0 saturated carbocycles. The standard InChI is InChI=1S/C12H32Cl2O3Si4/c1-12(13)10-11-18(2,3)15-20(6,7)17-21(8,9)16-19(4,5)14/h12H,10-11H2,1-9H3. The predicted molar refractivity (Wildman–Crippen MR) is 104 cm³/mol. The third-order valence-corrected chi connectivity index (χ3v) is 17.1. The van der Waals surface area contributed by atoms with Gasteiger partial charge in [-0.15, -0.1) is 22.7 Å². The van der Waals surface area contributed by atoms with Gasteiger partial charge >= 0.3 is 17.1 Å². The maximum atomic E-state index is 6.45. The van der Waals surface area contributed by atoms with Crippen molar-refractivity contribution in [2.45, 2.75) is 77.1 Å². The number of hydrogen-bond donors (Lipinski definition) is 0. The van der Waals surface area contributed by atoms with Crippen molar-refractivity contribution in [3.05, 3.63) is 0 Å². The number of rotatable bonds is 9.